The van der Waals surface area contributed by atoms with E-state index in [1.165, 1.54) is 6.07 Å². The van der Waals surface area contributed by atoms with Crippen molar-refractivity contribution >= 4 is 36.5 Å². The second-order valence-corrected chi connectivity index (χ2v) is 8.37. The number of azo groups is 1. The van der Waals surface area contributed by atoms with E-state index in [1.807, 2.05) is 66.2 Å². The lowest BCUT2D eigenvalue weighted by Gasteiger charge is -2.12. The summed E-state index contributed by atoms with van der Waals surface area (Å²) >= 11 is 0. The van der Waals surface area contributed by atoms with Crippen molar-refractivity contribution in [2.24, 2.45) is 10.2 Å². The van der Waals surface area contributed by atoms with Crippen molar-refractivity contribution in [2.45, 2.75) is 20.1 Å². The zero-order chi connectivity index (χ0) is 25.5. The van der Waals surface area contributed by atoms with Gasteiger partial charge in [-0.2, -0.15) is 10.2 Å². The fourth-order valence-corrected chi connectivity index (χ4v) is 3.65. The SMILES string of the molecule is Cc1ccc(N=Nc2ccc(OCc3ccccc3C[n+]3cccc(B(O)O)c3)cc2B(O)O)cc1. The third-order valence-electron chi connectivity index (χ3n) is 5.63. The van der Waals surface area contributed by atoms with Crippen molar-refractivity contribution in [3.63, 3.8) is 0 Å². The second kappa shape index (κ2) is 11.7. The fraction of sp³-hybridized carbons (Fsp3) is 0.115. The molecule has 0 aliphatic heterocycles. The Kier molecular flexibility index (Phi) is 8.24. The van der Waals surface area contributed by atoms with Gasteiger partial charge in [0.1, 0.15) is 12.4 Å². The molecule has 0 saturated heterocycles. The predicted molar refractivity (Wildman–Crippen MR) is 138 cm³/mol. The van der Waals surface area contributed by atoms with Gasteiger partial charge in [-0.15, -0.1) is 0 Å². The Balaban J connectivity index is 1.49. The van der Waals surface area contributed by atoms with Gasteiger partial charge in [0.25, 0.3) is 0 Å². The molecular formula is C26H26B2N3O5+. The number of ether oxygens (including phenoxy) is 1. The topological polar surface area (TPSA) is 119 Å². The van der Waals surface area contributed by atoms with Gasteiger partial charge in [-0.1, -0.05) is 48.0 Å². The van der Waals surface area contributed by atoms with Crippen molar-refractivity contribution in [1.29, 1.82) is 0 Å². The van der Waals surface area contributed by atoms with E-state index in [0.29, 0.717) is 29.1 Å². The van der Waals surface area contributed by atoms with Crippen LogP contribution in [0.5, 0.6) is 5.75 Å². The molecule has 3 aromatic carbocycles. The van der Waals surface area contributed by atoms with E-state index in [-0.39, 0.29) is 12.1 Å². The van der Waals surface area contributed by atoms with E-state index < -0.39 is 14.2 Å². The molecule has 0 spiro atoms. The van der Waals surface area contributed by atoms with Crippen LogP contribution in [0.1, 0.15) is 16.7 Å². The average molecular weight is 482 g/mol. The molecule has 1 aromatic heterocycles. The van der Waals surface area contributed by atoms with Gasteiger partial charge in [-0.05, 0) is 42.8 Å². The largest absolute Gasteiger partial charge is 0.494 e. The number of hydrogen-bond acceptors (Lipinski definition) is 7. The molecule has 36 heavy (non-hydrogen) atoms. The van der Waals surface area contributed by atoms with Crippen LogP contribution in [0.25, 0.3) is 0 Å². The maximum absolute atomic E-state index is 9.88. The van der Waals surface area contributed by atoms with Crippen LogP contribution in [0.3, 0.4) is 0 Å². The summed E-state index contributed by atoms with van der Waals surface area (Å²) in [7, 11) is -3.27. The molecule has 0 amide bonds. The van der Waals surface area contributed by atoms with E-state index in [2.05, 4.69) is 10.2 Å². The highest BCUT2D eigenvalue weighted by Gasteiger charge is 2.18. The monoisotopic (exact) mass is 482 g/mol. The Bertz CT molecular complexity index is 1350. The first-order valence-electron chi connectivity index (χ1n) is 11.4. The van der Waals surface area contributed by atoms with Gasteiger partial charge in [0.15, 0.2) is 18.9 Å². The summed E-state index contributed by atoms with van der Waals surface area (Å²) in [6.07, 6.45) is 3.53. The lowest BCUT2D eigenvalue weighted by Crippen LogP contribution is -2.42. The van der Waals surface area contributed by atoms with Gasteiger partial charge in [0.2, 0.25) is 0 Å². The van der Waals surface area contributed by atoms with E-state index in [9.17, 15) is 20.1 Å². The summed E-state index contributed by atoms with van der Waals surface area (Å²) in [4.78, 5) is 0. The van der Waals surface area contributed by atoms with Crippen molar-refractivity contribution in [1.82, 2.24) is 0 Å². The van der Waals surface area contributed by atoms with Crippen LogP contribution in [0, 0.1) is 6.92 Å². The van der Waals surface area contributed by atoms with Gasteiger partial charge in [0, 0.05) is 22.6 Å². The van der Waals surface area contributed by atoms with Crippen LogP contribution in [0.4, 0.5) is 11.4 Å². The summed E-state index contributed by atoms with van der Waals surface area (Å²) in [6.45, 7) is 2.75. The maximum Gasteiger partial charge on any atom is 0.494 e. The first kappa shape index (κ1) is 25.3. The summed E-state index contributed by atoms with van der Waals surface area (Å²) in [5.74, 6) is 0.459. The molecule has 1 heterocycles. The van der Waals surface area contributed by atoms with E-state index in [0.717, 1.165) is 16.7 Å². The number of rotatable bonds is 9. The maximum atomic E-state index is 9.88. The molecule has 4 rings (SSSR count). The van der Waals surface area contributed by atoms with Crippen molar-refractivity contribution in [3.05, 3.63) is 108 Å². The number of hydrogen-bond donors (Lipinski definition) is 4. The molecule has 4 aromatic rings. The number of pyridine rings is 1. The number of nitrogens with zero attached hydrogens (tertiary/aromatic N) is 3. The zero-order valence-electron chi connectivity index (χ0n) is 19.8. The van der Waals surface area contributed by atoms with Crippen LogP contribution in [-0.4, -0.2) is 34.3 Å². The van der Waals surface area contributed by atoms with Crippen LogP contribution in [-0.2, 0) is 13.2 Å². The number of aromatic nitrogens is 1. The average Bonchev–Trinajstić information content (AvgIpc) is 2.88. The lowest BCUT2D eigenvalue weighted by molar-refractivity contribution is -0.687. The normalized spacial score (nSPS) is 11.0. The molecule has 0 bridgehead atoms. The first-order chi connectivity index (χ1) is 17.4. The smallest absolute Gasteiger partial charge is 0.489 e. The minimum absolute atomic E-state index is 0.187. The molecule has 0 fully saturated rings. The van der Waals surface area contributed by atoms with Crippen molar-refractivity contribution in [3.8, 4) is 5.75 Å². The Morgan fingerprint density at radius 1 is 0.806 bits per heavy atom. The summed E-state index contributed by atoms with van der Waals surface area (Å²) in [5.41, 5.74) is 4.63. The minimum Gasteiger partial charge on any atom is -0.489 e. The summed E-state index contributed by atoms with van der Waals surface area (Å²) < 4.78 is 7.83. The highest BCUT2D eigenvalue weighted by Crippen LogP contribution is 2.22. The molecule has 0 aliphatic rings. The predicted octanol–water partition coefficient (Wildman–Crippen LogP) is 1.68. The number of benzene rings is 3. The summed E-state index contributed by atoms with van der Waals surface area (Å²) in [6, 6.07) is 23.6. The fourth-order valence-electron chi connectivity index (χ4n) is 3.65. The third kappa shape index (κ3) is 6.65. The highest BCUT2D eigenvalue weighted by molar-refractivity contribution is 6.60. The zero-order valence-corrected chi connectivity index (χ0v) is 19.8. The van der Waals surface area contributed by atoms with Crippen LogP contribution >= 0.6 is 0 Å². The lowest BCUT2D eigenvalue weighted by atomic mass is 9.79. The first-order valence-corrected chi connectivity index (χ1v) is 11.4. The van der Waals surface area contributed by atoms with Gasteiger partial charge in [-0.3, -0.25) is 0 Å². The minimum atomic E-state index is -1.74. The Morgan fingerprint density at radius 3 is 2.28 bits per heavy atom. The molecule has 0 saturated carbocycles. The van der Waals surface area contributed by atoms with E-state index in [4.69, 9.17) is 4.74 Å². The molecular weight excluding hydrogens is 456 g/mol. The van der Waals surface area contributed by atoms with Gasteiger partial charge in [0.05, 0.1) is 11.4 Å². The van der Waals surface area contributed by atoms with Gasteiger partial charge >= 0.3 is 14.2 Å². The Morgan fingerprint density at radius 2 is 1.56 bits per heavy atom. The molecule has 0 aliphatic carbocycles. The van der Waals surface area contributed by atoms with Crippen LogP contribution < -0.4 is 20.2 Å². The van der Waals surface area contributed by atoms with Gasteiger partial charge in [-0.25, -0.2) is 4.57 Å². The molecule has 0 unspecified atom stereocenters. The van der Waals surface area contributed by atoms with E-state index >= 15 is 0 Å². The number of aryl methyl sites for hydroxylation is 1. The third-order valence-corrected chi connectivity index (χ3v) is 5.63. The molecule has 0 atom stereocenters. The second-order valence-electron chi connectivity index (χ2n) is 8.37. The van der Waals surface area contributed by atoms with Crippen LogP contribution in [0.2, 0.25) is 0 Å². The molecule has 8 nitrogen and oxygen atoms in total. The highest BCUT2D eigenvalue weighted by atomic mass is 16.5. The van der Waals surface area contributed by atoms with Crippen molar-refractivity contribution in [2.75, 3.05) is 0 Å². The standard InChI is InChI=1S/C26H26B2N3O5/c1-19-8-10-23(11-9-19)29-30-26-13-12-24(15-25(26)28(34)35)36-18-21-6-3-2-5-20(21)16-31-14-4-7-22(17-31)27(32)33/h2-15,17,32-35H,16,18H2,1H3/q+1. The molecule has 180 valence electrons. The quantitative estimate of drug-likeness (QED) is 0.165. The Hall–Kier alpha value is -3.82. The Labute approximate surface area is 210 Å². The molecule has 0 radical (unpaired) electrons. The van der Waals surface area contributed by atoms with Crippen molar-refractivity contribution < 1.29 is 29.4 Å². The summed E-state index contributed by atoms with van der Waals surface area (Å²) in [5, 5.41) is 47.0. The molecule has 10 heteroatoms. The molecule has 4 N–H and O–H groups in total. The van der Waals surface area contributed by atoms with E-state index in [1.54, 1.807) is 30.5 Å². The van der Waals surface area contributed by atoms with Crippen LogP contribution in [0.15, 0.2) is 101 Å². The van der Waals surface area contributed by atoms with Gasteiger partial charge < -0.3 is 24.8 Å².